The van der Waals surface area contributed by atoms with E-state index in [0.29, 0.717) is 26.1 Å². The zero-order valence-corrected chi connectivity index (χ0v) is 26.5. The second-order valence-corrected chi connectivity index (χ2v) is 11.5. The summed E-state index contributed by atoms with van der Waals surface area (Å²) in [5, 5.41) is 18.9. The topological polar surface area (TPSA) is 58.9 Å². The lowest BCUT2D eigenvalue weighted by Crippen LogP contribution is -2.31. The smallest absolute Gasteiger partial charge is 0.127 e. The van der Waals surface area contributed by atoms with Crippen LogP contribution in [0.5, 0.6) is 11.5 Å². The van der Waals surface area contributed by atoms with Crippen LogP contribution in [-0.2, 0) is 5.41 Å². The van der Waals surface area contributed by atoms with E-state index in [1.54, 1.807) is 0 Å². The maximum absolute atomic E-state index is 9.44. The van der Waals surface area contributed by atoms with E-state index in [0.717, 1.165) is 56.0 Å². The van der Waals surface area contributed by atoms with Crippen LogP contribution in [0.15, 0.2) is 158 Å². The zero-order valence-electron chi connectivity index (χ0n) is 26.5. The molecule has 0 amide bonds. The van der Waals surface area contributed by atoms with E-state index in [9.17, 15) is 10.2 Å². The molecule has 0 aliphatic rings. The lowest BCUT2D eigenvalue weighted by atomic mass is 9.64. The van der Waals surface area contributed by atoms with Gasteiger partial charge in [0.05, 0.1) is 18.6 Å². The summed E-state index contributed by atoms with van der Waals surface area (Å²) in [7, 11) is 0. The standard InChI is InChI=1S/C43H40O4/c44-27-13-29-46-41-25-23-37(31-39(41)33-15-5-1-6-16-33)43(35-19-9-3-10-20-35,36-21-11-4-12-22-36)38-24-26-42(47-30-14-28-45)40(32-38)34-17-7-2-8-18-34/h1-12,15-26,31-32,44-45H,13-14,27-30H2. The highest BCUT2D eigenvalue weighted by Gasteiger charge is 2.39. The van der Waals surface area contributed by atoms with Crippen LogP contribution in [0.3, 0.4) is 0 Å². The lowest BCUT2D eigenvalue weighted by Gasteiger charge is -2.37. The highest BCUT2D eigenvalue weighted by molar-refractivity contribution is 5.76. The van der Waals surface area contributed by atoms with E-state index in [1.165, 1.54) is 0 Å². The summed E-state index contributed by atoms with van der Waals surface area (Å²) in [5.41, 5.74) is 7.84. The number of aliphatic hydroxyl groups excluding tert-OH is 2. The fraction of sp³-hybridized carbons (Fsp3) is 0.163. The molecule has 0 radical (unpaired) electrons. The molecule has 0 saturated carbocycles. The molecule has 6 rings (SSSR count). The Morgan fingerprint density at radius 3 is 1.13 bits per heavy atom. The van der Waals surface area contributed by atoms with Crippen molar-refractivity contribution in [2.45, 2.75) is 18.3 Å². The van der Waals surface area contributed by atoms with Crippen molar-refractivity contribution >= 4 is 0 Å². The summed E-state index contributed by atoms with van der Waals surface area (Å²) < 4.78 is 12.5. The molecule has 0 aliphatic heterocycles. The average molecular weight is 621 g/mol. The number of hydrogen-bond acceptors (Lipinski definition) is 4. The van der Waals surface area contributed by atoms with Crippen LogP contribution >= 0.6 is 0 Å². The number of hydrogen-bond donors (Lipinski definition) is 2. The third-order valence-electron chi connectivity index (χ3n) is 8.53. The van der Waals surface area contributed by atoms with Crippen LogP contribution in [0, 0.1) is 0 Å². The van der Waals surface area contributed by atoms with Gasteiger partial charge in [0.15, 0.2) is 0 Å². The highest BCUT2D eigenvalue weighted by Crippen LogP contribution is 2.49. The van der Waals surface area contributed by atoms with Gasteiger partial charge in [-0.1, -0.05) is 133 Å². The Hall–Kier alpha value is -5.16. The maximum Gasteiger partial charge on any atom is 0.127 e. The van der Waals surface area contributed by atoms with Gasteiger partial charge >= 0.3 is 0 Å². The molecule has 0 spiro atoms. The van der Waals surface area contributed by atoms with Gasteiger partial charge in [-0.05, 0) is 57.6 Å². The van der Waals surface area contributed by atoms with Crippen molar-refractivity contribution in [3.8, 4) is 33.8 Å². The second-order valence-electron chi connectivity index (χ2n) is 11.5. The van der Waals surface area contributed by atoms with Gasteiger partial charge in [-0.3, -0.25) is 0 Å². The summed E-state index contributed by atoms with van der Waals surface area (Å²) >= 11 is 0. The molecule has 0 unspecified atom stereocenters. The Morgan fingerprint density at radius 1 is 0.404 bits per heavy atom. The molecule has 0 aromatic heterocycles. The van der Waals surface area contributed by atoms with Crippen LogP contribution < -0.4 is 9.47 Å². The molecule has 6 aromatic carbocycles. The molecule has 47 heavy (non-hydrogen) atoms. The van der Waals surface area contributed by atoms with E-state index >= 15 is 0 Å². The van der Waals surface area contributed by atoms with E-state index < -0.39 is 5.41 Å². The molecule has 0 atom stereocenters. The molecule has 0 saturated heterocycles. The first kappa shape index (κ1) is 31.8. The van der Waals surface area contributed by atoms with Gasteiger partial charge in [-0.15, -0.1) is 0 Å². The van der Waals surface area contributed by atoms with Gasteiger partial charge in [0.1, 0.15) is 11.5 Å². The molecular formula is C43H40O4. The normalized spacial score (nSPS) is 11.3. The molecule has 0 heterocycles. The van der Waals surface area contributed by atoms with E-state index in [2.05, 4.69) is 121 Å². The molecule has 0 bridgehead atoms. The molecule has 236 valence electrons. The first-order chi connectivity index (χ1) is 23.3. The van der Waals surface area contributed by atoms with Crippen molar-refractivity contribution in [1.29, 1.82) is 0 Å². The van der Waals surface area contributed by atoms with Gasteiger partial charge in [-0.2, -0.15) is 0 Å². The predicted octanol–water partition coefficient (Wildman–Crippen LogP) is 8.93. The maximum atomic E-state index is 9.44. The van der Waals surface area contributed by atoms with Crippen LogP contribution in [0.1, 0.15) is 35.1 Å². The Balaban J connectivity index is 1.65. The number of benzene rings is 6. The van der Waals surface area contributed by atoms with Crippen molar-refractivity contribution < 1.29 is 19.7 Å². The average Bonchev–Trinajstić information content (AvgIpc) is 3.14. The minimum atomic E-state index is -0.706. The summed E-state index contributed by atoms with van der Waals surface area (Å²) in [4.78, 5) is 0. The van der Waals surface area contributed by atoms with E-state index in [1.807, 2.05) is 36.4 Å². The SMILES string of the molecule is OCCCOc1ccc(C(c2ccccc2)(c2ccccc2)c2ccc(OCCCO)c(-c3ccccc3)c2)cc1-c1ccccc1. The van der Waals surface area contributed by atoms with Crippen molar-refractivity contribution in [2.24, 2.45) is 0 Å². The van der Waals surface area contributed by atoms with Gasteiger partial charge < -0.3 is 19.7 Å². The minimum absolute atomic E-state index is 0.0767. The summed E-state index contributed by atoms with van der Waals surface area (Å²) in [5.74, 6) is 1.56. The van der Waals surface area contributed by atoms with Gasteiger partial charge in [0.25, 0.3) is 0 Å². The molecule has 2 N–H and O–H groups in total. The third kappa shape index (κ3) is 6.85. The monoisotopic (exact) mass is 620 g/mol. The fourth-order valence-corrected chi connectivity index (χ4v) is 6.33. The zero-order chi connectivity index (χ0) is 32.3. The first-order valence-corrected chi connectivity index (χ1v) is 16.2. The Bertz CT molecular complexity index is 1700. The van der Waals surface area contributed by atoms with Gasteiger partial charge in [0.2, 0.25) is 0 Å². The Labute approximate surface area is 277 Å². The largest absolute Gasteiger partial charge is 0.493 e. The molecule has 6 aromatic rings. The first-order valence-electron chi connectivity index (χ1n) is 16.2. The summed E-state index contributed by atoms with van der Waals surface area (Å²) in [6.45, 7) is 1.01. The molecule has 0 aliphatic carbocycles. The number of ether oxygens (including phenoxy) is 2. The van der Waals surface area contributed by atoms with Crippen LogP contribution in [-0.4, -0.2) is 36.6 Å². The van der Waals surface area contributed by atoms with Crippen LogP contribution in [0.25, 0.3) is 22.3 Å². The van der Waals surface area contributed by atoms with Gasteiger partial charge in [-0.25, -0.2) is 0 Å². The Kier molecular flexibility index (Phi) is 10.4. The van der Waals surface area contributed by atoms with Crippen molar-refractivity contribution in [1.82, 2.24) is 0 Å². The molecule has 4 heteroatoms. The summed E-state index contributed by atoms with van der Waals surface area (Å²) in [6, 6.07) is 55.0. The summed E-state index contributed by atoms with van der Waals surface area (Å²) in [6.07, 6.45) is 1.12. The van der Waals surface area contributed by atoms with Crippen molar-refractivity contribution in [2.75, 3.05) is 26.4 Å². The molecule has 4 nitrogen and oxygen atoms in total. The van der Waals surface area contributed by atoms with E-state index in [-0.39, 0.29) is 13.2 Å². The number of rotatable bonds is 14. The fourth-order valence-electron chi connectivity index (χ4n) is 6.33. The van der Waals surface area contributed by atoms with Crippen molar-refractivity contribution in [3.63, 3.8) is 0 Å². The predicted molar refractivity (Wildman–Crippen MR) is 190 cm³/mol. The minimum Gasteiger partial charge on any atom is -0.493 e. The van der Waals surface area contributed by atoms with Gasteiger partial charge in [0, 0.05) is 37.2 Å². The molecular weight excluding hydrogens is 580 g/mol. The highest BCUT2D eigenvalue weighted by atomic mass is 16.5. The quantitative estimate of drug-likeness (QED) is 0.0943. The lowest BCUT2D eigenvalue weighted by molar-refractivity contribution is 0.233. The third-order valence-corrected chi connectivity index (χ3v) is 8.53. The Morgan fingerprint density at radius 2 is 0.766 bits per heavy atom. The number of aliphatic hydroxyl groups is 2. The van der Waals surface area contributed by atoms with Crippen LogP contribution in [0.2, 0.25) is 0 Å². The molecule has 0 fully saturated rings. The second kappa shape index (κ2) is 15.4. The van der Waals surface area contributed by atoms with Crippen molar-refractivity contribution in [3.05, 3.63) is 180 Å². The van der Waals surface area contributed by atoms with Crippen LogP contribution in [0.4, 0.5) is 0 Å². The van der Waals surface area contributed by atoms with E-state index in [4.69, 9.17) is 9.47 Å².